The quantitative estimate of drug-likeness (QED) is 0.0732. The van der Waals surface area contributed by atoms with Crippen molar-refractivity contribution in [3.63, 3.8) is 0 Å². The van der Waals surface area contributed by atoms with Crippen molar-refractivity contribution in [1.82, 2.24) is 0 Å². The number of aliphatic hydroxyl groups excluding tert-OH is 1. The van der Waals surface area contributed by atoms with Gasteiger partial charge in [0.15, 0.2) is 11.6 Å². The molecular formula is C32H50O7. The topological polar surface area (TPSA) is 83.5 Å². The van der Waals surface area contributed by atoms with Gasteiger partial charge in [-0.25, -0.2) is 4.79 Å². The first-order valence-electron chi connectivity index (χ1n) is 13.8. The van der Waals surface area contributed by atoms with Gasteiger partial charge in [0.2, 0.25) is 0 Å². The largest absolute Gasteiger partial charge is 0.466 e. The van der Waals surface area contributed by atoms with Crippen LogP contribution in [0.2, 0.25) is 0 Å². The van der Waals surface area contributed by atoms with E-state index in [1.54, 1.807) is 19.3 Å². The molecule has 0 amide bonds. The fourth-order valence-corrected chi connectivity index (χ4v) is 3.87. The molecule has 1 heterocycles. The van der Waals surface area contributed by atoms with E-state index in [0.717, 1.165) is 32.1 Å². The number of allylic oxidation sites excluding steroid dienone is 7. The lowest BCUT2D eigenvalue weighted by molar-refractivity contribution is -0.289. The molecule has 1 N–H and O–H groups in total. The Kier molecular flexibility index (Phi) is 16.8. The van der Waals surface area contributed by atoms with Crippen LogP contribution in [0.5, 0.6) is 0 Å². The van der Waals surface area contributed by atoms with Gasteiger partial charge >= 0.3 is 5.97 Å². The van der Waals surface area contributed by atoms with Gasteiger partial charge in [0.1, 0.15) is 0 Å². The van der Waals surface area contributed by atoms with Crippen LogP contribution in [0.15, 0.2) is 72.9 Å². The van der Waals surface area contributed by atoms with Crippen molar-refractivity contribution in [2.45, 2.75) is 109 Å². The summed E-state index contributed by atoms with van der Waals surface area (Å²) in [6, 6.07) is 0. The predicted molar refractivity (Wildman–Crippen MR) is 156 cm³/mol. The Hall–Kier alpha value is -2.29. The molecule has 0 aliphatic carbocycles. The van der Waals surface area contributed by atoms with Crippen molar-refractivity contribution in [3.8, 4) is 0 Å². The monoisotopic (exact) mass is 546 g/mol. The molecule has 0 aromatic heterocycles. The van der Waals surface area contributed by atoms with Crippen LogP contribution in [0, 0.1) is 0 Å². The van der Waals surface area contributed by atoms with E-state index >= 15 is 0 Å². The summed E-state index contributed by atoms with van der Waals surface area (Å²) >= 11 is 0. The van der Waals surface area contributed by atoms with Gasteiger partial charge < -0.3 is 28.8 Å². The highest BCUT2D eigenvalue weighted by Crippen LogP contribution is 2.29. The fourth-order valence-electron chi connectivity index (χ4n) is 3.87. The van der Waals surface area contributed by atoms with Gasteiger partial charge in [0, 0.05) is 19.6 Å². The molecule has 0 spiro atoms. The molecule has 4 atom stereocenters. The first kappa shape index (κ1) is 34.7. The van der Waals surface area contributed by atoms with E-state index in [2.05, 4.69) is 23.0 Å². The molecule has 7 nitrogen and oxygen atoms in total. The van der Waals surface area contributed by atoms with Gasteiger partial charge in [0.05, 0.1) is 31.5 Å². The number of hydrogen-bond donors (Lipinski definition) is 1. The van der Waals surface area contributed by atoms with E-state index in [0.29, 0.717) is 6.42 Å². The van der Waals surface area contributed by atoms with Gasteiger partial charge in [-0.2, -0.15) is 0 Å². The van der Waals surface area contributed by atoms with Crippen LogP contribution in [0.4, 0.5) is 0 Å². The van der Waals surface area contributed by atoms with Crippen molar-refractivity contribution in [2.75, 3.05) is 14.2 Å². The lowest BCUT2D eigenvalue weighted by Crippen LogP contribution is -2.43. The summed E-state index contributed by atoms with van der Waals surface area (Å²) in [6.45, 7) is 9.45. The van der Waals surface area contributed by atoms with E-state index < -0.39 is 17.5 Å². The Morgan fingerprint density at radius 3 is 2.46 bits per heavy atom. The second-order valence-corrected chi connectivity index (χ2v) is 10.5. The maximum atomic E-state index is 11.2. The van der Waals surface area contributed by atoms with Crippen molar-refractivity contribution in [3.05, 3.63) is 72.9 Å². The third kappa shape index (κ3) is 17.8. The van der Waals surface area contributed by atoms with Crippen molar-refractivity contribution in [2.24, 2.45) is 0 Å². The Labute approximate surface area is 235 Å². The first-order chi connectivity index (χ1) is 18.5. The molecule has 1 aliphatic rings. The van der Waals surface area contributed by atoms with Crippen LogP contribution >= 0.6 is 0 Å². The molecule has 1 aliphatic heterocycles. The zero-order valence-electron chi connectivity index (χ0n) is 24.9. The molecule has 0 radical (unpaired) electrons. The minimum absolute atomic E-state index is 0.0149. The van der Waals surface area contributed by atoms with Crippen LogP contribution in [-0.2, 0) is 28.5 Å². The second-order valence-electron chi connectivity index (χ2n) is 10.5. The maximum absolute atomic E-state index is 11.2. The van der Waals surface area contributed by atoms with Crippen LogP contribution in [-0.4, -0.2) is 61.3 Å². The van der Waals surface area contributed by atoms with E-state index in [-0.39, 0.29) is 24.4 Å². The number of carbonyl (C=O) groups is 1. The average molecular weight is 547 g/mol. The highest BCUT2D eigenvalue weighted by Gasteiger charge is 2.33. The average Bonchev–Trinajstić information content (AvgIpc) is 2.86. The van der Waals surface area contributed by atoms with E-state index in [1.807, 2.05) is 71.1 Å². The van der Waals surface area contributed by atoms with Crippen molar-refractivity contribution < 1.29 is 33.6 Å². The Morgan fingerprint density at radius 1 is 1.05 bits per heavy atom. The molecule has 1 saturated heterocycles. The smallest absolute Gasteiger partial charge is 0.330 e. The normalized spacial score (nSPS) is 22.3. The summed E-state index contributed by atoms with van der Waals surface area (Å²) in [5.41, 5.74) is 0. The minimum atomic E-state index is -0.730. The number of unbranched alkanes of at least 4 members (excludes halogenated alkanes) is 1. The Morgan fingerprint density at radius 2 is 1.77 bits per heavy atom. The van der Waals surface area contributed by atoms with E-state index in [4.69, 9.17) is 18.9 Å². The second kappa shape index (κ2) is 18.9. The van der Waals surface area contributed by atoms with Crippen LogP contribution < -0.4 is 0 Å². The Bertz CT molecular complexity index is 862. The molecular weight excluding hydrogens is 496 g/mol. The van der Waals surface area contributed by atoms with Gasteiger partial charge in [-0.05, 0) is 66.7 Å². The molecule has 1 fully saturated rings. The fraction of sp³-hybridized carbons (Fsp3) is 0.594. The maximum Gasteiger partial charge on any atom is 0.330 e. The number of rotatable bonds is 17. The summed E-state index contributed by atoms with van der Waals surface area (Å²) in [4.78, 5) is 11.2. The van der Waals surface area contributed by atoms with Gasteiger partial charge in [-0.15, -0.1) is 0 Å². The highest BCUT2D eigenvalue weighted by atomic mass is 16.7. The Balaban J connectivity index is 2.64. The van der Waals surface area contributed by atoms with Gasteiger partial charge in [-0.1, -0.05) is 66.8 Å². The number of methoxy groups -OCH3 is 2. The zero-order valence-corrected chi connectivity index (χ0v) is 24.9. The summed E-state index contributed by atoms with van der Waals surface area (Å²) in [6.07, 6.45) is 27.6. The molecule has 39 heavy (non-hydrogen) atoms. The highest BCUT2D eigenvalue weighted by molar-refractivity contribution is 5.82. The molecule has 220 valence electrons. The summed E-state index contributed by atoms with van der Waals surface area (Å²) < 4.78 is 28.3. The molecule has 0 saturated carbocycles. The summed E-state index contributed by atoms with van der Waals surface area (Å²) in [5.74, 6) is -1.78. The first-order valence-corrected chi connectivity index (χ1v) is 13.8. The number of aliphatic hydroxyl groups is 1. The van der Waals surface area contributed by atoms with E-state index in [9.17, 15) is 9.90 Å². The molecule has 0 aromatic rings. The lowest BCUT2D eigenvalue weighted by Gasteiger charge is -2.39. The molecule has 0 bridgehead atoms. The van der Waals surface area contributed by atoms with Gasteiger partial charge in [-0.3, -0.25) is 0 Å². The zero-order chi connectivity index (χ0) is 29.2. The summed E-state index contributed by atoms with van der Waals surface area (Å²) in [5, 5.41) is 9.33. The van der Waals surface area contributed by atoms with Gasteiger partial charge in [0.25, 0.3) is 0 Å². The predicted octanol–water partition coefficient (Wildman–Crippen LogP) is 6.51. The third-order valence-electron chi connectivity index (χ3n) is 5.89. The number of esters is 1. The molecule has 0 unspecified atom stereocenters. The minimum Gasteiger partial charge on any atom is -0.466 e. The molecule has 7 heteroatoms. The molecule has 1 rings (SSSR count). The van der Waals surface area contributed by atoms with Crippen LogP contribution in [0.3, 0.4) is 0 Å². The SMILES string of the molecule is COC(=O)/C=C\C=C\C[C@@H](/C=C/C=C\C[C@H]1C[C@H](/C=C/C=C/CCC[C@@H](C)O)OC(C)(C)O1)OC(C)(C)OC. The number of ether oxygens (including phenoxy) is 5. The van der Waals surface area contributed by atoms with Crippen molar-refractivity contribution in [1.29, 1.82) is 0 Å². The lowest BCUT2D eigenvalue weighted by atomic mass is 10.0. The standard InChI is InChI=1S/C32H50O7/c1-26(33)19-13-9-8-10-14-22-28-25-29(39-32(4,5)38-28)23-17-11-15-20-27(37-31(2,3)36-7)21-16-12-18-24-30(34)35-6/h8,10-12,14-18,20,22,24,26-29,33H,9,13,19,21,23,25H2,1-7H3/b10-8+,16-12+,17-11-,20-15+,22-14+,24-18-/t26-,27-,28+,29+/m1/s1. The summed E-state index contributed by atoms with van der Waals surface area (Å²) in [7, 11) is 2.96. The number of carbonyl (C=O) groups excluding carboxylic acids is 1. The number of hydrogen-bond acceptors (Lipinski definition) is 7. The van der Waals surface area contributed by atoms with Crippen LogP contribution in [0.1, 0.15) is 73.1 Å². The van der Waals surface area contributed by atoms with E-state index in [1.165, 1.54) is 13.2 Å². The van der Waals surface area contributed by atoms with Crippen molar-refractivity contribution >= 4 is 5.97 Å². The van der Waals surface area contributed by atoms with Crippen LogP contribution in [0.25, 0.3) is 0 Å². The third-order valence-corrected chi connectivity index (χ3v) is 5.89. The molecule has 0 aromatic carbocycles.